The molecule has 3 saturated heterocycles. The number of nitrogens with zero attached hydrogens (tertiary/aromatic N) is 2. The molecule has 3 fully saturated rings. The molecule has 3 aliphatic rings. The SMILES string of the molecule is O=C(Nc1ccccc1Cl)OC1C2CCN(CC2)C1Cc1cccnc1. The van der Waals surface area contributed by atoms with Crippen LogP contribution in [0.3, 0.4) is 0 Å². The number of hydrogen-bond acceptors (Lipinski definition) is 4. The topological polar surface area (TPSA) is 54.5 Å². The number of carbonyl (C=O) groups is 1. The zero-order valence-electron chi connectivity index (χ0n) is 14.5. The highest BCUT2D eigenvalue weighted by Crippen LogP contribution is 2.36. The van der Waals surface area contributed by atoms with Crippen LogP contribution >= 0.6 is 11.6 Å². The van der Waals surface area contributed by atoms with Gasteiger partial charge in [-0.3, -0.25) is 15.2 Å². The first-order valence-electron chi connectivity index (χ1n) is 9.06. The molecule has 3 aliphatic heterocycles. The molecular formula is C20H22ClN3O2. The molecule has 4 heterocycles. The predicted molar refractivity (Wildman–Crippen MR) is 101 cm³/mol. The fourth-order valence-electron chi connectivity index (χ4n) is 4.11. The summed E-state index contributed by atoms with van der Waals surface area (Å²) in [5.41, 5.74) is 1.74. The van der Waals surface area contributed by atoms with Crippen LogP contribution in [0.5, 0.6) is 0 Å². The van der Waals surface area contributed by atoms with Gasteiger partial charge in [0.05, 0.1) is 16.8 Å². The van der Waals surface area contributed by atoms with Crippen LogP contribution < -0.4 is 5.32 Å². The van der Waals surface area contributed by atoms with Crippen LogP contribution in [0.4, 0.5) is 10.5 Å². The summed E-state index contributed by atoms with van der Waals surface area (Å²) >= 11 is 6.12. The molecule has 136 valence electrons. The summed E-state index contributed by atoms with van der Waals surface area (Å²) in [7, 11) is 0. The standard InChI is InChI=1S/C20H22ClN3O2/c21-16-5-1-2-6-17(16)23-20(25)26-19-15-7-10-24(11-8-15)18(19)12-14-4-3-9-22-13-14/h1-6,9,13,15,18-19H,7-8,10-12H2,(H,23,25). The second-order valence-electron chi connectivity index (χ2n) is 6.98. The summed E-state index contributed by atoms with van der Waals surface area (Å²) in [5.74, 6) is 0.415. The Morgan fingerprint density at radius 2 is 2.04 bits per heavy atom. The monoisotopic (exact) mass is 371 g/mol. The lowest BCUT2D eigenvalue weighted by molar-refractivity contribution is -0.0741. The smallest absolute Gasteiger partial charge is 0.412 e. The van der Waals surface area contributed by atoms with Gasteiger partial charge in [-0.2, -0.15) is 0 Å². The molecule has 2 unspecified atom stereocenters. The summed E-state index contributed by atoms with van der Waals surface area (Å²) in [6, 6.07) is 11.4. The molecule has 1 amide bonds. The van der Waals surface area contributed by atoms with E-state index in [1.165, 1.54) is 5.56 Å². The zero-order chi connectivity index (χ0) is 17.9. The number of ether oxygens (including phenoxy) is 1. The molecule has 1 aromatic heterocycles. The molecule has 6 heteroatoms. The Morgan fingerprint density at radius 1 is 1.23 bits per heavy atom. The van der Waals surface area contributed by atoms with E-state index in [2.05, 4.69) is 21.3 Å². The average molecular weight is 372 g/mol. The molecule has 2 bridgehead atoms. The Hall–Kier alpha value is -2.11. The number of pyridine rings is 1. The van der Waals surface area contributed by atoms with Crippen LogP contribution in [0.1, 0.15) is 18.4 Å². The Bertz CT molecular complexity index is 763. The van der Waals surface area contributed by atoms with E-state index in [1.54, 1.807) is 18.3 Å². The van der Waals surface area contributed by atoms with Gasteiger partial charge in [0.1, 0.15) is 6.10 Å². The summed E-state index contributed by atoms with van der Waals surface area (Å²) < 4.78 is 5.90. The summed E-state index contributed by atoms with van der Waals surface area (Å²) in [5, 5.41) is 3.28. The van der Waals surface area contributed by atoms with Crippen LogP contribution in [-0.2, 0) is 11.2 Å². The molecule has 0 aliphatic carbocycles. The fraction of sp³-hybridized carbons (Fsp3) is 0.400. The van der Waals surface area contributed by atoms with Gasteiger partial charge in [0, 0.05) is 18.3 Å². The van der Waals surface area contributed by atoms with Crippen molar-refractivity contribution in [2.45, 2.75) is 31.4 Å². The minimum atomic E-state index is -0.437. The maximum absolute atomic E-state index is 12.5. The largest absolute Gasteiger partial charge is 0.444 e. The lowest BCUT2D eigenvalue weighted by atomic mass is 9.78. The maximum Gasteiger partial charge on any atom is 0.412 e. The number of carbonyl (C=O) groups excluding carboxylic acids is 1. The molecule has 1 N–H and O–H groups in total. The van der Waals surface area contributed by atoms with Crippen molar-refractivity contribution in [3.8, 4) is 0 Å². The van der Waals surface area contributed by atoms with Crippen molar-refractivity contribution in [2.75, 3.05) is 18.4 Å². The number of rotatable bonds is 4. The normalized spacial score (nSPS) is 27.1. The Labute approximate surface area is 158 Å². The third-order valence-electron chi connectivity index (χ3n) is 5.41. The van der Waals surface area contributed by atoms with Gasteiger partial charge >= 0.3 is 6.09 Å². The number of halogens is 1. The summed E-state index contributed by atoms with van der Waals surface area (Å²) in [4.78, 5) is 19.1. The molecule has 0 radical (unpaired) electrons. The summed E-state index contributed by atoms with van der Waals surface area (Å²) in [6.07, 6.45) is 6.12. The third kappa shape index (κ3) is 3.69. The number of anilines is 1. The van der Waals surface area contributed by atoms with Crippen LogP contribution in [0.15, 0.2) is 48.8 Å². The van der Waals surface area contributed by atoms with Crippen molar-refractivity contribution >= 4 is 23.4 Å². The van der Waals surface area contributed by atoms with E-state index in [1.807, 2.05) is 24.4 Å². The Kier molecular flexibility index (Phi) is 5.09. The van der Waals surface area contributed by atoms with E-state index < -0.39 is 6.09 Å². The van der Waals surface area contributed by atoms with Gasteiger partial charge in [-0.25, -0.2) is 4.79 Å². The molecule has 0 spiro atoms. The molecule has 2 atom stereocenters. The second kappa shape index (κ2) is 7.64. The number of nitrogens with one attached hydrogen (secondary N) is 1. The lowest BCUT2D eigenvalue weighted by Crippen LogP contribution is -2.60. The van der Waals surface area contributed by atoms with Crippen LogP contribution in [0.25, 0.3) is 0 Å². The number of aromatic nitrogens is 1. The van der Waals surface area contributed by atoms with Crippen molar-refractivity contribution < 1.29 is 9.53 Å². The Morgan fingerprint density at radius 3 is 2.77 bits per heavy atom. The van der Waals surface area contributed by atoms with Crippen molar-refractivity contribution in [2.24, 2.45) is 5.92 Å². The predicted octanol–water partition coefficient (Wildman–Crippen LogP) is 3.99. The van der Waals surface area contributed by atoms with Gasteiger partial charge < -0.3 is 4.74 Å². The van der Waals surface area contributed by atoms with Crippen molar-refractivity contribution in [1.82, 2.24) is 9.88 Å². The number of piperidine rings is 3. The minimum absolute atomic E-state index is 0.111. The van der Waals surface area contributed by atoms with Crippen molar-refractivity contribution in [3.05, 3.63) is 59.4 Å². The van der Waals surface area contributed by atoms with Crippen molar-refractivity contribution in [1.29, 1.82) is 0 Å². The van der Waals surface area contributed by atoms with Gasteiger partial charge in [0.15, 0.2) is 0 Å². The van der Waals surface area contributed by atoms with E-state index in [-0.39, 0.29) is 12.1 Å². The lowest BCUT2D eigenvalue weighted by Gasteiger charge is -2.50. The molecule has 0 saturated carbocycles. The van der Waals surface area contributed by atoms with E-state index in [0.717, 1.165) is 32.4 Å². The van der Waals surface area contributed by atoms with Gasteiger partial charge in [-0.05, 0) is 56.1 Å². The number of hydrogen-bond donors (Lipinski definition) is 1. The highest BCUT2D eigenvalue weighted by molar-refractivity contribution is 6.33. The fourth-order valence-corrected chi connectivity index (χ4v) is 4.29. The molecule has 5 rings (SSSR count). The molecular weight excluding hydrogens is 350 g/mol. The maximum atomic E-state index is 12.5. The molecule has 2 aromatic rings. The zero-order valence-corrected chi connectivity index (χ0v) is 15.2. The quantitative estimate of drug-likeness (QED) is 0.882. The number of fused-ring (bicyclic) bond motifs is 3. The van der Waals surface area contributed by atoms with Crippen LogP contribution in [0.2, 0.25) is 5.02 Å². The second-order valence-corrected chi connectivity index (χ2v) is 7.39. The highest BCUT2D eigenvalue weighted by atomic mass is 35.5. The first-order chi connectivity index (χ1) is 12.7. The van der Waals surface area contributed by atoms with E-state index in [0.29, 0.717) is 16.6 Å². The van der Waals surface area contributed by atoms with E-state index >= 15 is 0 Å². The van der Waals surface area contributed by atoms with Gasteiger partial charge in [0.2, 0.25) is 0 Å². The number of benzene rings is 1. The molecule has 26 heavy (non-hydrogen) atoms. The van der Waals surface area contributed by atoms with Crippen LogP contribution in [-0.4, -0.2) is 41.2 Å². The van der Waals surface area contributed by atoms with E-state index in [9.17, 15) is 4.79 Å². The molecule has 1 aromatic carbocycles. The number of amides is 1. The van der Waals surface area contributed by atoms with E-state index in [4.69, 9.17) is 16.3 Å². The summed E-state index contributed by atoms with van der Waals surface area (Å²) in [6.45, 7) is 2.14. The van der Waals surface area contributed by atoms with Gasteiger partial charge in [0.25, 0.3) is 0 Å². The first kappa shape index (κ1) is 17.3. The van der Waals surface area contributed by atoms with Gasteiger partial charge in [-0.1, -0.05) is 29.8 Å². The third-order valence-corrected chi connectivity index (χ3v) is 5.74. The van der Waals surface area contributed by atoms with Crippen LogP contribution in [0, 0.1) is 5.92 Å². The van der Waals surface area contributed by atoms with Gasteiger partial charge in [-0.15, -0.1) is 0 Å². The highest BCUT2D eigenvalue weighted by Gasteiger charge is 2.44. The van der Waals surface area contributed by atoms with Crippen molar-refractivity contribution in [3.63, 3.8) is 0 Å². The first-order valence-corrected chi connectivity index (χ1v) is 9.43. The number of para-hydroxylation sites is 1. The minimum Gasteiger partial charge on any atom is -0.444 e. The molecule has 5 nitrogen and oxygen atoms in total. The Balaban J connectivity index is 1.47. The average Bonchev–Trinajstić information content (AvgIpc) is 2.67.